The van der Waals surface area contributed by atoms with E-state index in [4.69, 9.17) is 9.47 Å². The molecule has 3 rings (SSSR count). The predicted octanol–water partition coefficient (Wildman–Crippen LogP) is 4.68. The van der Waals surface area contributed by atoms with Gasteiger partial charge in [0.05, 0.1) is 17.6 Å². The number of amides is 2. The van der Waals surface area contributed by atoms with Crippen LogP contribution in [0.3, 0.4) is 0 Å². The molecule has 0 aliphatic carbocycles. The van der Waals surface area contributed by atoms with E-state index < -0.39 is 17.8 Å². The molecule has 1 aromatic carbocycles. The van der Waals surface area contributed by atoms with Gasteiger partial charge in [-0.25, -0.2) is 14.6 Å². The number of aromatic amines is 1. The quantitative estimate of drug-likeness (QED) is 0.637. The monoisotopic (exact) mass is 410 g/mol. The third kappa shape index (κ3) is 5.97. The van der Waals surface area contributed by atoms with Crippen LogP contribution in [0.5, 0.6) is 0 Å². The first-order valence-electron chi connectivity index (χ1n) is 9.60. The molecule has 0 bridgehead atoms. The second kappa shape index (κ2) is 8.86. The van der Waals surface area contributed by atoms with Crippen molar-refractivity contribution in [3.05, 3.63) is 59.8 Å². The Morgan fingerprint density at radius 1 is 1.13 bits per heavy atom. The van der Waals surface area contributed by atoms with Crippen LogP contribution in [0.2, 0.25) is 0 Å². The number of hydrogen-bond donors (Lipinski definition) is 2. The van der Waals surface area contributed by atoms with Gasteiger partial charge in [0.2, 0.25) is 0 Å². The molecule has 0 saturated heterocycles. The number of hydrogen-bond acceptors (Lipinski definition) is 5. The molecule has 0 fully saturated rings. The van der Waals surface area contributed by atoms with E-state index in [0.717, 1.165) is 16.8 Å². The number of benzene rings is 1. The summed E-state index contributed by atoms with van der Waals surface area (Å²) in [5, 5.41) is 2.62. The third-order valence-corrected chi connectivity index (χ3v) is 4.08. The number of nitrogens with one attached hydrogen (secondary N) is 2. The molecule has 2 N–H and O–H groups in total. The van der Waals surface area contributed by atoms with Crippen LogP contribution in [-0.2, 0) is 22.6 Å². The van der Waals surface area contributed by atoms with Gasteiger partial charge in [0.25, 0.3) is 0 Å². The number of carbonyl (C=O) groups is 2. The molecule has 158 valence electrons. The topological polar surface area (TPSA) is 96.5 Å². The molecule has 2 aromatic heterocycles. The molecule has 0 unspecified atom stereocenters. The fraction of sp³-hybridized carbons (Fsp3) is 0.318. The fourth-order valence-electron chi connectivity index (χ4n) is 2.78. The molecule has 0 saturated carbocycles. The van der Waals surface area contributed by atoms with Crippen molar-refractivity contribution in [2.45, 2.75) is 39.5 Å². The minimum Gasteiger partial charge on any atom is -0.445 e. The average molecular weight is 410 g/mol. The van der Waals surface area contributed by atoms with E-state index in [-0.39, 0.29) is 6.61 Å². The molecule has 0 aliphatic heterocycles. The Balaban J connectivity index is 1.59. The number of ether oxygens (including phenoxy) is 2. The zero-order chi connectivity index (χ0) is 21.7. The van der Waals surface area contributed by atoms with Gasteiger partial charge in [-0.1, -0.05) is 30.3 Å². The summed E-state index contributed by atoms with van der Waals surface area (Å²) in [5.74, 6) is 0.387. The van der Waals surface area contributed by atoms with Gasteiger partial charge in [-0.2, -0.15) is 0 Å². The van der Waals surface area contributed by atoms with E-state index in [2.05, 4.69) is 15.3 Å². The number of carbonyl (C=O) groups excluding carboxylic acids is 2. The normalized spacial score (nSPS) is 11.2. The number of pyridine rings is 1. The maximum Gasteiger partial charge on any atom is 0.413 e. The van der Waals surface area contributed by atoms with Crippen molar-refractivity contribution in [1.29, 1.82) is 0 Å². The summed E-state index contributed by atoms with van der Waals surface area (Å²) in [7, 11) is 1.67. The summed E-state index contributed by atoms with van der Waals surface area (Å²) < 4.78 is 10.6. The second-order valence-corrected chi connectivity index (χ2v) is 7.95. The Kier molecular flexibility index (Phi) is 6.25. The molecule has 8 nitrogen and oxygen atoms in total. The van der Waals surface area contributed by atoms with Crippen molar-refractivity contribution in [2.24, 2.45) is 0 Å². The highest BCUT2D eigenvalue weighted by molar-refractivity contribution is 5.86. The van der Waals surface area contributed by atoms with Crippen LogP contribution in [-0.4, -0.2) is 39.7 Å². The first-order valence-corrected chi connectivity index (χ1v) is 9.60. The van der Waals surface area contributed by atoms with E-state index in [1.54, 1.807) is 33.9 Å². The van der Waals surface area contributed by atoms with E-state index in [1.807, 2.05) is 42.5 Å². The van der Waals surface area contributed by atoms with Crippen molar-refractivity contribution in [1.82, 2.24) is 14.9 Å². The van der Waals surface area contributed by atoms with Crippen molar-refractivity contribution < 1.29 is 19.1 Å². The highest BCUT2D eigenvalue weighted by Crippen LogP contribution is 2.18. The van der Waals surface area contributed by atoms with Gasteiger partial charge in [-0.3, -0.25) is 5.32 Å². The van der Waals surface area contributed by atoms with Gasteiger partial charge in [0, 0.05) is 12.7 Å². The first-order chi connectivity index (χ1) is 14.2. The molecule has 2 heterocycles. The summed E-state index contributed by atoms with van der Waals surface area (Å²) in [6.07, 6.45) is -0.983. The predicted molar refractivity (Wildman–Crippen MR) is 114 cm³/mol. The lowest BCUT2D eigenvalue weighted by molar-refractivity contribution is 0.0635. The molecule has 30 heavy (non-hydrogen) atoms. The number of rotatable bonds is 5. The fourth-order valence-corrected chi connectivity index (χ4v) is 2.78. The van der Waals surface area contributed by atoms with E-state index in [9.17, 15) is 9.59 Å². The third-order valence-electron chi connectivity index (χ3n) is 4.08. The van der Waals surface area contributed by atoms with Gasteiger partial charge in [0.1, 0.15) is 18.0 Å². The standard InChI is InChI=1S/C22H26N4O4/c1-22(2,3)30-20(27)25-19-11-10-17-18(24-19)12-16(23-17)13-26(4)21(28)29-14-15-8-6-5-7-9-15/h5-12,23H,13-14H2,1-4H3,(H,24,25,27). The lowest BCUT2D eigenvalue weighted by Gasteiger charge is -2.19. The molecule has 2 amide bonds. The number of fused-ring (bicyclic) bond motifs is 1. The van der Waals surface area contributed by atoms with Gasteiger partial charge in [0.15, 0.2) is 0 Å². The lowest BCUT2D eigenvalue weighted by Crippen LogP contribution is -2.27. The molecule has 0 atom stereocenters. The smallest absolute Gasteiger partial charge is 0.413 e. The largest absolute Gasteiger partial charge is 0.445 e. The number of nitrogens with zero attached hydrogens (tertiary/aromatic N) is 2. The average Bonchev–Trinajstić information content (AvgIpc) is 3.06. The van der Waals surface area contributed by atoms with E-state index in [0.29, 0.717) is 17.9 Å². The summed E-state index contributed by atoms with van der Waals surface area (Å²) in [6, 6.07) is 14.8. The SMILES string of the molecule is CN(Cc1cc2nc(NC(=O)OC(C)(C)C)ccc2[nH]1)C(=O)OCc1ccccc1. The van der Waals surface area contributed by atoms with Gasteiger partial charge < -0.3 is 19.4 Å². The van der Waals surface area contributed by atoms with Crippen LogP contribution in [0, 0.1) is 0 Å². The zero-order valence-corrected chi connectivity index (χ0v) is 17.6. The Bertz CT molecular complexity index is 1020. The minimum atomic E-state index is -0.588. The Morgan fingerprint density at radius 3 is 2.57 bits per heavy atom. The summed E-state index contributed by atoms with van der Waals surface area (Å²) in [6.45, 7) is 5.94. The minimum absolute atomic E-state index is 0.220. The molecule has 0 aliphatic rings. The van der Waals surface area contributed by atoms with Gasteiger partial charge >= 0.3 is 12.2 Å². The Hall–Kier alpha value is -3.55. The molecular formula is C22H26N4O4. The van der Waals surface area contributed by atoms with E-state index >= 15 is 0 Å². The first kappa shape index (κ1) is 21.2. The van der Waals surface area contributed by atoms with Crippen LogP contribution in [0.25, 0.3) is 11.0 Å². The molecular weight excluding hydrogens is 384 g/mol. The van der Waals surface area contributed by atoms with Crippen LogP contribution in [0.4, 0.5) is 15.4 Å². The number of anilines is 1. The summed E-state index contributed by atoms with van der Waals surface area (Å²) in [5.41, 5.74) is 2.61. The molecule has 0 spiro atoms. The molecule has 3 aromatic rings. The van der Waals surface area contributed by atoms with Crippen LogP contribution < -0.4 is 5.32 Å². The lowest BCUT2D eigenvalue weighted by atomic mass is 10.2. The van der Waals surface area contributed by atoms with Crippen LogP contribution >= 0.6 is 0 Å². The van der Waals surface area contributed by atoms with Gasteiger partial charge in [-0.05, 0) is 44.5 Å². The van der Waals surface area contributed by atoms with Crippen molar-refractivity contribution in [3.63, 3.8) is 0 Å². The maximum atomic E-state index is 12.2. The highest BCUT2D eigenvalue weighted by atomic mass is 16.6. The van der Waals surface area contributed by atoms with Crippen LogP contribution in [0.1, 0.15) is 32.0 Å². The second-order valence-electron chi connectivity index (χ2n) is 7.95. The molecule has 0 radical (unpaired) electrons. The molecule has 8 heteroatoms. The zero-order valence-electron chi connectivity index (χ0n) is 17.6. The van der Waals surface area contributed by atoms with Crippen molar-refractivity contribution >= 4 is 29.0 Å². The number of H-pyrrole nitrogens is 1. The summed E-state index contributed by atoms with van der Waals surface area (Å²) in [4.78, 5) is 33.3. The van der Waals surface area contributed by atoms with Crippen molar-refractivity contribution in [2.75, 3.05) is 12.4 Å². The van der Waals surface area contributed by atoms with E-state index in [1.165, 1.54) is 4.90 Å². The highest BCUT2D eigenvalue weighted by Gasteiger charge is 2.17. The van der Waals surface area contributed by atoms with Gasteiger partial charge in [-0.15, -0.1) is 0 Å². The Labute approximate surface area is 175 Å². The Morgan fingerprint density at radius 2 is 1.87 bits per heavy atom. The van der Waals surface area contributed by atoms with Crippen LogP contribution in [0.15, 0.2) is 48.5 Å². The summed E-state index contributed by atoms with van der Waals surface area (Å²) >= 11 is 0. The number of aromatic nitrogens is 2. The van der Waals surface area contributed by atoms with Crippen molar-refractivity contribution in [3.8, 4) is 0 Å². The maximum absolute atomic E-state index is 12.2.